The van der Waals surface area contributed by atoms with E-state index < -0.39 is 0 Å². The molecule has 1 aromatic heterocycles. The Labute approximate surface area is 122 Å². The second kappa shape index (κ2) is 8.00. The van der Waals surface area contributed by atoms with Gasteiger partial charge >= 0.3 is 0 Å². The zero-order chi connectivity index (χ0) is 15.1. The van der Waals surface area contributed by atoms with E-state index in [9.17, 15) is 4.79 Å². The topological polar surface area (TPSA) is 45.2 Å². The average molecular weight is 277 g/mol. The minimum Gasteiger partial charge on any atom is -0.355 e. The van der Waals surface area contributed by atoms with Crippen molar-refractivity contribution in [2.45, 2.75) is 53.1 Å². The number of nitrogens with zero attached hydrogens (tertiary/aromatic N) is 2. The van der Waals surface area contributed by atoms with Gasteiger partial charge in [0.2, 0.25) is 5.91 Å². The summed E-state index contributed by atoms with van der Waals surface area (Å²) in [4.78, 5) is 18.4. The van der Waals surface area contributed by atoms with Gasteiger partial charge in [-0.1, -0.05) is 6.07 Å². The van der Waals surface area contributed by atoms with Crippen molar-refractivity contribution in [3.8, 4) is 0 Å². The zero-order valence-corrected chi connectivity index (χ0v) is 13.3. The molecule has 0 radical (unpaired) electrons. The van der Waals surface area contributed by atoms with Gasteiger partial charge in [0, 0.05) is 37.1 Å². The van der Waals surface area contributed by atoms with E-state index in [1.807, 2.05) is 19.1 Å². The Morgan fingerprint density at radius 1 is 1.25 bits per heavy atom. The molecule has 0 bridgehead atoms. The van der Waals surface area contributed by atoms with Gasteiger partial charge in [0.25, 0.3) is 0 Å². The van der Waals surface area contributed by atoms with Crippen LogP contribution in [0.2, 0.25) is 0 Å². The van der Waals surface area contributed by atoms with Crippen molar-refractivity contribution in [3.63, 3.8) is 0 Å². The molecule has 0 aliphatic heterocycles. The molecule has 1 amide bonds. The first kappa shape index (κ1) is 16.6. The second-order valence-corrected chi connectivity index (χ2v) is 5.76. The maximum atomic E-state index is 11.9. The lowest BCUT2D eigenvalue weighted by molar-refractivity contribution is -0.120. The Bertz CT molecular complexity index is 404. The molecular weight excluding hydrogens is 250 g/mol. The van der Waals surface area contributed by atoms with Crippen molar-refractivity contribution >= 4 is 5.91 Å². The molecule has 0 fully saturated rings. The van der Waals surface area contributed by atoms with E-state index in [2.05, 4.69) is 42.9 Å². The molecule has 1 N–H and O–H groups in total. The fourth-order valence-electron chi connectivity index (χ4n) is 2.29. The van der Waals surface area contributed by atoms with Crippen LogP contribution in [0.5, 0.6) is 0 Å². The second-order valence-electron chi connectivity index (χ2n) is 5.76. The van der Waals surface area contributed by atoms with Gasteiger partial charge in [-0.25, -0.2) is 0 Å². The molecular formula is C16H27N3O. The van der Waals surface area contributed by atoms with Gasteiger partial charge in [0.15, 0.2) is 0 Å². The summed E-state index contributed by atoms with van der Waals surface area (Å²) >= 11 is 0. The summed E-state index contributed by atoms with van der Waals surface area (Å²) in [6, 6.07) is 4.87. The predicted octanol–water partition coefficient (Wildman–Crippen LogP) is 2.17. The lowest BCUT2D eigenvalue weighted by Gasteiger charge is -2.30. The molecule has 0 aromatic carbocycles. The number of aryl methyl sites for hydroxylation is 1. The fraction of sp³-hybridized carbons (Fsp3) is 0.625. The highest BCUT2D eigenvalue weighted by molar-refractivity contribution is 5.78. The van der Waals surface area contributed by atoms with Crippen molar-refractivity contribution in [3.05, 3.63) is 29.6 Å². The molecule has 112 valence electrons. The third-order valence-corrected chi connectivity index (χ3v) is 3.36. The molecule has 0 aliphatic rings. The van der Waals surface area contributed by atoms with E-state index in [1.54, 1.807) is 6.20 Å². The summed E-state index contributed by atoms with van der Waals surface area (Å²) in [5, 5.41) is 2.98. The monoisotopic (exact) mass is 277 g/mol. The van der Waals surface area contributed by atoms with Crippen LogP contribution in [0.4, 0.5) is 0 Å². The van der Waals surface area contributed by atoms with Crippen molar-refractivity contribution in [2.24, 2.45) is 0 Å². The quantitative estimate of drug-likeness (QED) is 0.831. The molecule has 0 saturated carbocycles. The van der Waals surface area contributed by atoms with Gasteiger partial charge in [0.05, 0.1) is 6.42 Å². The van der Waals surface area contributed by atoms with Crippen molar-refractivity contribution in [1.82, 2.24) is 15.2 Å². The number of hydrogen-bond acceptors (Lipinski definition) is 3. The molecule has 20 heavy (non-hydrogen) atoms. The molecule has 0 aliphatic carbocycles. The van der Waals surface area contributed by atoms with Gasteiger partial charge in [-0.15, -0.1) is 0 Å². The maximum Gasteiger partial charge on any atom is 0.224 e. The third-order valence-electron chi connectivity index (χ3n) is 3.36. The Morgan fingerprint density at radius 2 is 1.90 bits per heavy atom. The number of nitrogens with one attached hydrogen (secondary N) is 1. The van der Waals surface area contributed by atoms with E-state index in [0.29, 0.717) is 25.0 Å². The third kappa shape index (κ3) is 5.70. The van der Waals surface area contributed by atoms with E-state index in [1.165, 1.54) is 0 Å². The van der Waals surface area contributed by atoms with Crippen molar-refractivity contribution in [2.75, 3.05) is 13.1 Å². The normalized spacial score (nSPS) is 11.4. The fourth-order valence-corrected chi connectivity index (χ4v) is 2.29. The molecule has 4 nitrogen and oxygen atoms in total. The van der Waals surface area contributed by atoms with Gasteiger partial charge in [-0.2, -0.15) is 0 Å². The van der Waals surface area contributed by atoms with Gasteiger partial charge in [0.1, 0.15) is 0 Å². The Balaban J connectivity index is 2.34. The molecule has 0 atom stereocenters. The standard InChI is InChI=1S/C16H27N3O/c1-12(2)19(13(3)4)9-8-17-16(20)10-15-7-6-14(5)18-11-15/h6-7,11-13H,8-10H2,1-5H3,(H,17,20). The number of carbonyl (C=O) groups excluding carboxylic acids is 1. The summed E-state index contributed by atoms with van der Waals surface area (Å²) in [5.74, 6) is 0.0584. The van der Waals surface area contributed by atoms with Crippen LogP contribution < -0.4 is 5.32 Å². The SMILES string of the molecule is Cc1ccc(CC(=O)NCCN(C(C)C)C(C)C)cn1. The highest BCUT2D eigenvalue weighted by Gasteiger charge is 2.13. The molecule has 0 saturated heterocycles. The molecule has 4 heteroatoms. The van der Waals surface area contributed by atoms with E-state index in [0.717, 1.165) is 17.8 Å². The van der Waals surface area contributed by atoms with Gasteiger partial charge in [-0.3, -0.25) is 14.7 Å². The largest absolute Gasteiger partial charge is 0.355 e. The number of pyridine rings is 1. The summed E-state index contributed by atoms with van der Waals surface area (Å²) in [6.07, 6.45) is 2.17. The predicted molar refractivity (Wildman–Crippen MR) is 82.7 cm³/mol. The molecule has 1 aromatic rings. The molecule has 1 heterocycles. The number of amides is 1. The Hall–Kier alpha value is -1.42. The van der Waals surface area contributed by atoms with Gasteiger partial charge < -0.3 is 5.32 Å². The number of hydrogen-bond donors (Lipinski definition) is 1. The van der Waals surface area contributed by atoms with Crippen molar-refractivity contribution in [1.29, 1.82) is 0 Å². The molecule has 0 spiro atoms. The number of aromatic nitrogens is 1. The molecule has 1 rings (SSSR count). The first-order valence-electron chi connectivity index (χ1n) is 7.34. The maximum absolute atomic E-state index is 11.9. The first-order chi connectivity index (χ1) is 9.40. The van der Waals surface area contributed by atoms with E-state index in [-0.39, 0.29) is 5.91 Å². The van der Waals surface area contributed by atoms with Crippen LogP contribution in [-0.4, -0.2) is 41.0 Å². The van der Waals surface area contributed by atoms with Crippen LogP contribution in [0.1, 0.15) is 39.0 Å². The highest BCUT2D eigenvalue weighted by atomic mass is 16.1. The van der Waals surface area contributed by atoms with Crippen LogP contribution in [0, 0.1) is 6.92 Å². The molecule has 0 unspecified atom stereocenters. The van der Waals surface area contributed by atoms with Crippen LogP contribution in [0.3, 0.4) is 0 Å². The summed E-state index contributed by atoms with van der Waals surface area (Å²) in [7, 11) is 0. The summed E-state index contributed by atoms with van der Waals surface area (Å²) < 4.78 is 0. The van der Waals surface area contributed by atoms with Crippen LogP contribution >= 0.6 is 0 Å². The minimum atomic E-state index is 0.0584. The van der Waals surface area contributed by atoms with Crippen LogP contribution in [-0.2, 0) is 11.2 Å². The average Bonchev–Trinajstić information content (AvgIpc) is 2.36. The lowest BCUT2D eigenvalue weighted by Crippen LogP contribution is -2.42. The smallest absolute Gasteiger partial charge is 0.224 e. The highest BCUT2D eigenvalue weighted by Crippen LogP contribution is 2.03. The first-order valence-corrected chi connectivity index (χ1v) is 7.34. The van der Waals surface area contributed by atoms with Crippen LogP contribution in [0.15, 0.2) is 18.3 Å². The minimum absolute atomic E-state index is 0.0584. The van der Waals surface area contributed by atoms with Crippen molar-refractivity contribution < 1.29 is 4.79 Å². The number of rotatable bonds is 7. The van der Waals surface area contributed by atoms with Crippen LogP contribution in [0.25, 0.3) is 0 Å². The summed E-state index contributed by atoms with van der Waals surface area (Å²) in [5.41, 5.74) is 1.93. The Morgan fingerprint density at radius 3 is 2.40 bits per heavy atom. The van der Waals surface area contributed by atoms with Gasteiger partial charge in [-0.05, 0) is 46.2 Å². The summed E-state index contributed by atoms with van der Waals surface area (Å²) in [6.45, 7) is 12.2. The number of carbonyl (C=O) groups is 1. The lowest BCUT2D eigenvalue weighted by atomic mass is 10.2. The zero-order valence-electron chi connectivity index (χ0n) is 13.3. The van der Waals surface area contributed by atoms with E-state index >= 15 is 0 Å². The van der Waals surface area contributed by atoms with E-state index in [4.69, 9.17) is 0 Å². The Kier molecular flexibility index (Phi) is 6.65.